The van der Waals surface area contributed by atoms with Crippen molar-refractivity contribution in [3.8, 4) is 0 Å². The summed E-state index contributed by atoms with van der Waals surface area (Å²) in [7, 11) is 1.76. The van der Waals surface area contributed by atoms with Crippen LogP contribution in [0.15, 0.2) is 29.2 Å². The Bertz CT molecular complexity index is 672. The van der Waals surface area contributed by atoms with E-state index in [1.54, 1.807) is 17.8 Å². The standard InChI is InChI=1S/C14H17N3O2/c1-16-3-2-10-8-12(15)13(9-11(10)14(16)18)17-4-6-19-7-5-17/h2-3,8-9H,4-7,15H2,1H3. The van der Waals surface area contributed by atoms with Crippen LogP contribution >= 0.6 is 0 Å². The van der Waals surface area contributed by atoms with Crippen molar-refractivity contribution in [3.63, 3.8) is 0 Å². The lowest BCUT2D eigenvalue weighted by Crippen LogP contribution is -2.36. The Kier molecular flexibility index (Phi) is 2.91. The van der Waals surface area contributed by atoms with Gasteiger partial charge in [0.1, 0.15) is 0 Å². The zero-order chi connectivity index (χ0) is 13.4. The molecule has 1 saturated heterocycles. The van der Waals surface area contributed by atoms with E-state index in [0.29, 0.717) is 24.3 Å². The third kappa shape index (κ3) is 2.06. The van der Waals surface area contributed by atoms with E-state index in [9.17, 15) is 4.79 Å². The lowest BCUT2D eigenvalue weighted by Gasteiger charge is -2.30. The lowest BCUT2D eigenvalue weighted by molar-refractivity contribution is 0.123. The number of anilines is 2. The van der Waals surface area contributed by atoms with Gasteiger partial charge in [-0.1, -0.05) is 0 Å². The first-order valence-electron chi connectivity index (χ1n) is 6.38. The summed E-state index contributed by atoms with van der Waals surface area (Å²) in [6, 6.07) is 5.69. The van der Waals surface area contributed by atoms with Gasteiger partial charge >= 0.3 is 0 Å². The molecule has 2 heterocycles. The van der Waals surface area contributed by atoms with Crippen molar-refractivity contribution in [2.24, 2.45) is 7.05 Å². The summed E-state index contributed by atoms with van der Waals surface area (Å²) in [5.41, 5.74) is 7.76. The van der Waals surface area contributed by atoms with Gasteiger partial charge in [0.15, 0.2) is 0 Å². The van der Waals surface area contributed by atoms with Crippen LogP contribution in [-0.2, 0) is 11.8 Å². The third-order valence-corrected chi connectivity index (χ3v) is 3.58. The number of aryl methyl sites for hydroxylation is 1. The molecule has 0 atom stereocenters. The van der Waals surface area contributed by atoms with Gasteiger partial charge in [-0.2, -0.15) is 0 Å². The average molecular weight is 259 g/mol. The molecule has 5 nitrogen and oxygen atoms in total. The highest BCUT2D eigenvalue weighted by molar-refractivity contribution is 5.91. The summed E-state index contributed by atoms with van der Waals surface area (Å²) < 4.78 is 6.93. The van der Waals surface area contributed by atoms with Crippen LogP contribution in [0.2, 0.25) is 0 Å². The quantitative estimate of drug-likeness (QED) is 0.775. The molecule has 19 heavy (non-hydrogen) atoms. The van der Waals surface area contributed by atoms with Crippen molar-refractivity contribution in [2.45, 2.75) is 0 Å². The smallest absolute Gasteiger partial charge is 0.258 e. The molecule has 5 heteroatoms. The second-order valence-corrected chi connectivity index (χ2v) is 4.83. The average Bonchev–Trinajstić information content (AvgIpc) is 2.44. The number of benzene rings is 1. The normalized spacial score (nSPS) is 15.9. The Labute approximate surface area is 111 Å². The molecule has 0 spiro atoms. The number of aromatic nitrogens is 1. The molecular weight excluding hydrogens is 242 g/mol. The van der Waals surface area contributed by atoms with Crippen LogP contribution in [0.5, 0.6) is 0 Å². The fourth-order valence-corrected chi connectivity index (χ4v) is 2.47. The molecule has 1 aliphatic heterocycles. The molecule has 0 aliphatic carbocycles. The first-order chi connectivity index (χ1) is 9.16. The van der Waals surface area contributed by atoms with E-state index >= 15 is 0 Å². The van der Waals surface area contributed by atoms with E-state index in [-0.39, 0.29) is 5.56 Å². The van der Waals surface area contributed by atoms with Gasteiger partial charge in [0.2, 0.25) is 0 Å². The minimum Gasteiger partial charge on any atom is -0.397 e. The summed E-state index contributed by atoms with van der Waals surface area (Å²) in [6.07, 6.45) is 1.76. The highest BCUT2D eigenvalue weighted by Crippen LogP contribution is 2.28. The number of nitrogens with two attached hydrogens (primary N) is 1. The second-order valence-electron chi connectivity index (χ2n) is 4.83. The first kappa shape index (κ1) is 12.0. The van der Waals surface area contributed by atoms with Gasteiger partial charge in [-0.05, 0) is 23.6 Å². The number of rotatable bonds is 1. The van der Waals surface area contributed by atoms with Crippen molar-refractivity contribution in [1.29, 1.82) is 0 Å². The zero-order valence-electron chi connectivity index (χ0n) is 10.9. The van der Waals surface area contributed by atoms with Crippen molar-refractivity contribution < 1.29 is 4.74 Å². The number of fused-ring (bicyclic) bond motifs is 1. The van der Waals surface area contributed by atoms with Crippen LogP contribution in [0.1, 0.15) is 0 Å². The number of morpholine rings is 1. The van der Waals surface area contributed by atoms with Crippen LogP contribution in [0.4, 0.5) is 11.4 Å². The van der Waals surface area contributed by atoms with E-state index in [0.717, 1.165) is 24.2 Å². The Morgan fingerprint density at radius 2 is 2.00 bits per heavy atom. The first-order valence-corrected chi connectivity index (χ1v) is 6.38. The maximum atomic E-state index is 12.2. The van der Waals surface area contributed by atoms with E-state index in [1.165, 1.54) is 0 Å². The molecule has 2 N–H and O–H groups in total. The van der Waals surface area contributed by atoms with Crippen molar-refractivity contribution in [3.05, 3.63) is 34.7 Å². The number of hydrogen-bond donors (Lipinski definition) is 1. The SMILES string of the molecule is Cn1ccc2cc(N)c(N3CCOCC3)cc2c1=O. The van der Waals surface area contributed by atoms with Crippen LogP contribution in [0, 0.1) is 0 Å². The number of pyridine rings is 1. The minimum absolute atomic E-state index is 0.00649. The Balaban J connectivity index is 2.17. The topological polar surface area (TPSA) is 60.5 Å². The summed E-state index contributed by atoms with van der Waals surface area (Å²) in [6.45, 7) is 3.01. The zero-order valence-corrected chi connectivity index (χ0v) is 10.9. The Morgan fingerprint density at radius 3 is 2.74 bits per heavy atom. The van der Waals surface area contributed by atoms with Gasteiger partial charge in [0.05, 0.1) is 24.6 Å². The summed E-state index contributed by atoms with van der Waals surface area (Å²) in [4.78, 5) is 14.3. The monoisotopic (exact) mass is 259 g/mol. The maximum absolute atomic E-state index is 12.2. The molecular formula is C14H17N3O2. The molecule has 0 radical (unpaired) electrons. The van der Waals surface area contributed by atoms with Gasteiger partial charge in [-0.25, -0.2) is 0 Å². The lowest BCUT2D eigenvalue weighted by atomic mass is 10.1. The van der Waals surface area contributed by atoms with Crippen LogP contribution < -0.4 is 16.2 Å². The van der Waals surface area contributed by atoms with E-state index in [1.807, 2.05) is 18.2 Å². The molecule has 0 amide bonds. The summed E-state index contributed by atoms with van der Waals surface area (Å²) >= 11 is 0. The van der Waals surface area contributed by atoms with Gasteiger partial charge in [0, 0.05) is 31.7 Å². The predicted molar refractivity (Wildman–Crippen MR) is 76.6 cm³/mol. The number of nitrogen functional groups attached to an aromatic ring is 1. The van der Waals surface area contributed by atoms with E-state index < -0.39 is 0 Å². The van der Waals surface area contributed by atoms with Crippen LogP contribution in [-0.4, -0.2) is 30.9 Å². The van der Waals surface area contributed by atoms with Gasteiger partial charge < -0.3 is 19.9 Å². The number of nitrogens with zero attached hydrogens (tertiary/aromatic N) is 2. The van der Waals surface area contributed by atoms with E-state index in [2.05, 4.69) is 4.90 Å². The van der Waals surface area contributed by atoms with E-state index in [4.69, 9.17) is 10.5 Å². The largest absolute Gasteiger partial charge is 0.397 e. The van der Waals surface area contributed by atoms with Crippen LogP contribution in [0.3, 0.4) is 0 Å². The Morgan fingerprint density at radius 1 is 1.26 bits per heavy atom. The summed E-state index contributed by atoms with van der Waals surface area (Å²) in [5.74, 6) is 0. The molecule has 100 valence electrons. The van der Waals surface area contributed by atoms with Crippen molar-refractivity contribution in [1.82, 2.24) is 4.57 Å². The molecule has 1 fully saturated rings. The fraction of sp³-hybridized carbons (Fsp3) is 0.357. The summed E-state index contributed by atoms with van der Waals surface area (Å²) in [5, 5.41) is 1.60. The molecule has 1 aliphatic rings. The molecule has 2 aromatic rings. The molecule has 0 saturated carbocycles. The van der Waals surface area contributed by atoms with Crippen molar-refractivity contribution >= 4 is 22.1 Å². The second kappa shape index (κ2) is 4.59. The third-order valence-electron chi connectivity index (χ3n) is 3.58. The molecule has 0 bridgehead atoms. The van der Waals surface area contributed by atoms with Gasteiger partial charge in [0.25, 0.3) is 5.56 Å². The minimum atomic E-state index is 0.00649. The van der Waals surface area contributed by atoms with Crippen LogP contribution in [0.25, 0.3) is 10.8 Å². The number of hydrogen-bond acceptors (Lipinski definition) is 4. The van der Waals surface area contributed by atoms with Crippen molar-refractivity contribution in [2.75, 3.05) is 36.9 Å². The highest BCUT2D eigenvalue weighted by atomic mass is 16.5. The number of ether oxygens (including phenoxy) is 1. The molecule has 3 rings (SSSR count). The fourth-order valence-electron chi connectivity index (χ4n) is 2.47. The molecule has 0 unspecified atom stereocenters. The van der Waals surface area contributed by atoms with Gasteiger partial charge in [-0.3, -0.25) is 4.79 Å². The molecule has 1 aromatic heterocycles. The Hall–Kier alpha value is -2.01. The predicted octanol–water partition coefficient (Wildman–Crippen LogP) is 0.957. The highest BCUT2D eigenvalue weighted by Gasteiger charge is 2.15. The van der Waals surface area contributed by atoms with Gasteiger partial charge in [-0.15, -0.1) is 0 Å². The maximum Gasteiger partial charge on any atom is 0.258 e. The molecule has 1 aromatic carbocycles.